The Bertz CT molecular complexity index is 383. The largest absolute Gasteiger partial charge is 0.399 e. The van der Waals surface area contributed by atoms with Gasteiger partial charge in [-0.05, 0) is 35.6 Å². The maximum Gasteiger partial charge on any atom is 0.248 e. The standard InChI is InChI=1S/C12H18N2O/c1-4-12(2,3)10-7-8(13)5-6-9(10)11(14)15/h5-7H,4,13H2,1-3H3,(H2,14,15). The lowest BCUT2D eigenvalue weighted by atomic mass is 9.79. The number of anilines is 1. The molecular weight excluding hydrogens is 188 g/mol. The minimum atomic E-state index is -0.397. The molecule has 0 aromatic heterocycles. The van der Waals surface area contributed by atoms with Crippen molar-refractivity contribution in [2.24, 2.45) is 5.73 Å². The van der Waals surface area contributed by atoms with Crippen molar-refractivity contribution in [3.05, 3.63) is 29.3 Å². The van der Waals surface area contributed by atoms with E-state index in [2.05, 4.69) is 20.8 Å². The zero-order valence-corrected chi connectivity index (χ0v) is 9.50. The van der Waals surface area contributed by atoms with Crippen molar-refractivity contribution >= 4 is 11.6 Å². The molecule has 0 heterocycles. The van der Waals surface area contributed by atoms with E-state index in [0.717, 1.165) is 12.0 Å². The average molecular weight is 206 g/mol. The van der Waals surface area contributed by atoms with E-state index in [0.29, 0.717) is 11.3 Å². The second kappa shape index (κ2) is 3.93. The fourth-order valence-corrected chi connectivity index (χ4v) is 1.53. The summed E-state index contributed by atoms with van der Waals surface area (Å²) in [6.07, 6.45) is 0.927. The van der Waals surface area contributed by atoms with Gasteiger partial charge in [-0.3, -0.25) is 4.79 Å². The first-order chi connectivity index (χ1) is 6.88. The van der Waals surface area contributed by atoms with Gasteiger partial charge in [0.2, 0.25) is 5.91 Å². The number of hydrogen-bond donors (Lipinski definition) is 2. The fraction of sp³-hybridized carbons (Fsp3) is 0.417. The molecule has 15 heavy (non-hydrogen) atoms. The molecule has 3 heteroatoms. The van der Waals surface area contributed by atoms with Crippen molar-refractivity contribution in [1.82, 2.24) is 0 Å². The van der Waals surface area contributed by atoms with E-state index in [1.54, 1.807) is 12.1 Å². The molecule has 0 aliphatic carbocycles. The van der Waals surface area contributed by atoms with Crippen LogP contribution in [0.25, 0.3) is 0 Å². The third-order valence-electron chi connectivity index (χ3n) is 2.92. The number of benzene rings is 1. The lowest BCUT2D eigenvalue weighted by molar-refractivity contribution is 0.0998. The molecule has 4 N–H and O–H groups in total. The fourth-order valence-electron chi connectivity index (χ4n) is 1.53. The van der Waals surface area contributed by atoms with E-state index < -0.39 is 5.91 Å². The smallest absolute Gasteiger partial charge is 0.248 e. The molecule has 0 aliphatic rings. The summed E-state index contributed by atoms with van der Waals surface area (Å²) in [6, 6.07) is 5.24. The first-order valence-electron chi connectivity index (χ1n) is 5.08. The van der Waals surface area contributed by atoms with Crippen LogP contribution >= 0.6 is 0 Å². The highest BCUT2D eigenvalue weighted by Gasteiger charge is 2.23. The molecule has 0 unspecified atom stereocenters. The molecule has 82 valence electrons. The van der Waals surface area contributed by atoms with Crippen LogP contribution in [0.3, 0.4) is 0 Å². The van der Waals surface area contributed by atoms with Crippen molar-refractivity contribution in [1.29, 1.82) is 0 Å². The Kier molecular flexibility index (Phi) is 3.03. The van der Waals surface area contributed by atoms with Crippen LogP contribution in [0.2, 0.25) is 0 Å². The zero-order chi connectivity index (χ0) is 11.6. The molecule has 0 atom stereocenters. The van der Waals surface area contributed by atoms with E-state index in [4.69, 9.17) is 11.5 Å². The molecule has 0 fully saturated rings. The first kappa shape index (κ1) is 11.6. The number of nitrogen functional groups attached to an aromatic ring is 1. The van der Waals surface area contributed by atoms with Crippen molar-refractivity contribution in [2.75, 3.05) is 5.73 Å². The van der Waals surface area contributed by atoms with Crippen LogP contribution < -0.4 is 11.5 Å². The number of hydrogen-bond acceptors (Lipinski definition) is 2. The Hall–Kier alpha value is -1.51. The van der Waals surface area contributed by atoms with Gasteiger partial charge in [0.15, 0.2) is 0 Å². The van der Waals surface area contributed by atoms with Gasteiger partial charge < -0.3 is 11.5 Å². The maximum absolute atomic E-state index is 11.3. The van der Waals surface area contributed by atoms with Gasteiger partial charge in [0.25, 0.3) is 0 Å². The molecule has 0 spiro atoms. The van der Waals surface area contributed by atoms with E-state index in [1.807, 2.05) is 6.07 Å². The summed E-state index contributed by atoms with van der Waals surface area (Å²) in [5, 5.41) is 0. The van der Waals surface area contributed by atoms with Crippen LogP contribution in [0, 0.1) is 0 Å². The Labute approximate surface area is 90.5 Å². The van der Waals surface area contributed by atoms with E-state index >= 15 is 0 Å². The summed E-state index contributed by atoms with van der Waals surface area (Å²) in [7, 11) is 0. The van der Waals surface area contributed by atoms with E-state index in [-0.39, 0.29) is 5.41 Å². The number of rotatable bonds is 3. The summed E-state index contributed by atoms with van der Waals surface area (Å²) in [5.74, 6) is -0.397. The molecule has 0 saturated carbocycles. The predicted octanol–water partition coefficient (Wildman–Crippen LogP) is 2.06. The first-order valence-corrected chi connectivity index (χ1v) is 5.08. The molecule has 0 saturated heterocycles. The normalized spacial score (nSPS) is 11.4. The second-order valence-corrected chi connectivity index (χ2v) is 4.41. The minimum absolute atomic E-state index is 0.0836. The number of primary amides is 1. The SMILES string of the molecule is CCC(C)(C)c1cc(N)ccc1C(N)=O. The Balaban J connectivity index is 3.37. The second-order valence-electron chi connectivity index (χ2n) is 4.41. The van der Waals surface area contributed by atoms with Crippen LogP contribution in [-0.2, 0) is 5.41 Å². The zero-order valence-electron chi connectivity index (χ0n) is 9.50. The number of carbonyl (C=O) groups is 1. The highest BCUT2D eigenvalue weighted by molar-refractivity contribution is 5.95. The van der Waals surface area contributed by atoms with Crippen molar-refractivity contribution in [2.45, 2.75) is 32.6 Å². The predicted molar refractivity (Wildman–Crippen MR) is 62.7 cm³/mol. The third kappa shape index (κ3) is 2.29. The van der Waals surface area contributed by atoms with Crippen LogP contribution in [0.4, 0.5) is 5.69 Å². The summed E-state index contributed by atoms with van der Waals surface area (Å²) >= 11 is 0. The highest BCUT2D eigenvalue weighted by atomic mass is 16.1. The molecule has 1 aromatic rings. The van der Waals surface area contributed by atoms with Crippen molar-refractivity contribution in [3.8, 4) is 0 Å². The third-order valence-corrected chi connectivity index (χ3v) is 2.92. The molecule has 1 amide bonds. The van der Waals surface area contributed by atoms with Gasteiger partial charge in [0.1, 0.15) is 0 Å². The Morgan fingerprint density at radius 2 is 2.00 bits per heavy atom. The molecule has 0 radical (unpaired) electrons. The monoisotopic (exact) mass is 206 g/mol. The number of amides is 1. The summed E-state index contributed by atoms with van der Waals surface area (Å²) in [4.78, 5) is 11.3. The van der Waals surface area contributed by atoms with Gasteiger partial charge in [0, 0.05) is 11.3 Å². The molecule has 3 nitrogen and oxygen atoms in total. The van der Waals surface area contributed by atoms with Gasteiger partial charge >= 0.3 is 0 Å². The molecule has 1 rings (SSSR count). The van der Waals surface area contributed by atoms with Crippen LogP contribution in [0.1, 0.15) is 43.1 Å². The molecule has 0 aliphatic heterocycles. The number of carbonyl (C=O) groups excluding carboxylic acids is 1. The van der Waals surface area contributed by atoms with Crippen molar-refractivity contribution in [3.63, 3.8) is 0 Å². The van der Waals surface area contributed by atoms with Gasteiger partial charge in [-0.2, -0.15) is 0 Å². The van der Waals surface area contributed by atoms with Crippen molar-refractivity contribution < 1.29 is 4.79 Å². The van der Waals surface area contributed by atoms with E-state index in [1.165, 1.54) is 0 Å². The Morgan fingerprint density at radius 1 is 1.40 bits per heavy atom. The Morgan fingerprint density at radius 3 is 2.47 bits per heavy atom. The lowest BCUT2D eigenvalue weighted by Gasteiger charge is -2.25. The average Bonchev–Trinajstić information content (AvgIpc) is 2.17. The summed E-state index contributed by atoms with van der Waals surface area (Å²) in [5.41, 5.74) is 13.1. The molecule has 1 aromatic carbocycles. The van der Waals surface area contributed by atoms with Crippen LogP contribution in [0.5, 0.6) is 0 Å². The topological polar surface area (TPSA) is 69.1 Å². The van der Waals surface area contributed by atoms with Crippen LogP contribution in [0.15, 0.2) is 18.2 Å². The number of nitrogens with two attached hydrogens (primary N) is 2. The minimum Gasteiger partial charge on any atom is -0.399 e. The van der Waals surface area contributed by atoms with Gasteiger partial charge in [-0.1, -0.05) is 20.8 Å². The lowest BCUT2D eigenvalue weighted by Crippen LogP contribution is -2.23. The van der Waals surface area contributed by atoms with E-state index in [9.17, 15) is 4.79 Å². The van der Waals surface area contributed by atoms with Gasteiger partial charge in [0.05, 0.1) is 0 Å². The summed E-state index contributed by atoms with van der Waals surface area (Å²) < 4.78 is 0. The van der Waals surface area contributed by atoms with Gasteiger partial charge in [-0.15, -0.1) is 0 Å². The maximum atomic E-state index is 11.3. The molecule has 0 bridgehead atoms. The summed E-state index contributed by atoms with van der Waals surface area (Å²) in [6.45, 7) is 6.23. The van der Waals surface area contributed by atoms with Crippen LogP contribution in [-0.4, -0.2) is 5.91 Å². The molecular formula is C12H18N2O. The highest BCUT2D eigenvalue weighted by Crippen LogP contribution is 2.30. The van der Waals surface area contributed by atoms with Gasteiger partial charge in [-0.25, -0.2) is 0 Å². The quantitative estimate of drug-likeness (QED) is 0.743.